The minimum Gasteiger partial charge on any atom is -0.393 e. The summed E-state index contributed by atoms with van der Waals surface area (Å²) in [6.07, 6.45) is 0.648. The Balaban J connectivity index is 2.34. The van der Waals surface area contributed by atoms with Gasteiger partial charge in [0.25, 0.3) is 5.69 Å². The molecule has 116 valence electrons. The number of aliphatic hydroxyl groups excluding tert-OH is 1. The van der Waals surface area contributed by atoms with Gasteiger partial charge >= 0.3 is 0 Å². The number of nitrogens with one attached hydrogen (secondary N) is 1. The van der Waals surface area contributed by atoms with Gasteiger partial charge in [0.05, 0.1) is 11.0 Å². The van der Waals surface area contributed by atoms with Gasteiger partial charge in [0.2, 0.25) is 5.91 Å². The summed E-state index contributed by atoms with van der Waals surface area (Å²) >= 11 is 0. The zero-order chi connectivity index (χ0) is 15.8. The lowest BCUT2D eigenvalue weighted by Crippen LogP contribution is -2.26. The SMILES string of the molecule is CC(O)CCN(C)CCC(=O)Nc1ccc([N+](=O)[O-])cc1. The van der Waals surface area contributed by atoms with E-state index < -0.39 is 4.92 Å². The highest BCUT2D eigenvalue weighted by molar-refractivity contribution is 5.90. The van der Waals surface area contributed by atoms with Crippen molar-refractivity contribution in [1.29, 1.82) is 0 Å². The van der Waals surface area contributed by atoms with Crippen molar-refractivity contribution in [3.8, 4) is 0 Å². The predicted octanol–water partition coefficient (Wildman–Crippen LogP) is 1.63. The second kappa shape index (κ2) is 8.33. The molecule has 0 aliphatic rings. The Labute approximate surface area is 123 Å². The van der Waals surface area contributed by atoms with Gasteiger partial charge < -0.3 is 15.3 Å². The van der Waals surface area contributed by atoms with Crippen LogP contribution in [0.1, 0.15) is 19.8 Å². The van der Waals surface area contributed by atoms with Crippen LogP contribution < -0.4 is 5.32 Å². The summed E-state index contributed by atoms with van der Waals surface area (Å²) in [5.41, 5.74) is 0.531. The molecule has 1 aromatic carbocycles. The Kier molecular flexibility index (Phi) is 6.77. The first-order valence-electron chi connectivity index (χ1n) is 6.79. The van der Waals surface area contributed by atoms with Crippen LogP contribution in [-0.2, 0) is 4.79 Å². The number of benzene rings is 1. The number of carbonyl (C=O) groups is 1. The van der Waals surface area contributed by atoms with E-state index in [1.807, 2.05) is 11.9 Å². The first-order chi connectivity index (χ1) is 9.88. The van der Waals surface area contributed by atoms with Crippen LogP contribution in [0.2, 0.25) is 0 Å². The normalized spacial score (nSPS) is 12.2. The molecule has 7 nitrogen and oxygen atoms in total. The number of aliphatic hydroxyl groups is 1. The van der Waals surface area contributed by atoms with Gasteiger partial charge in [-0.1, -0.05) is 0 Å². The molecule has 1 unspecified atom stereocenters. The van der Waals surface area contributed by atoms with Crippen LogP contribution in [0.25, 0.3) is 0 Å². The van der Waals surface area contributed by atoms with Gasteiger partial charge in [0.15, 0.2) is 0 Å². The van der Waals surface area contributed by atoms with Crippen molar-refractivity contribution in [2.45, 2.75) is 25.9 Å². The van der Waals surface area contributed by atoms with Crippen molar-refractivity contribution in [3.05, 3.63) is 34.4 Å². The molecule has 0 spiro atoms. The van der Waals surface area contributed by atoms with Crippen LogP contribution in [-0.4, -0.2) is 47.1 Å². The van der Waals surface area contributed by atoms with Crippen LogP contribution in [0.4, 0.5) is 11.4 Å². The van der Waals surface area contributed by atoms with Crippen LogP contribution >= 0.6 is 0 Å². The quantitative estimate of drug-likeness (QED) is 0.561. The van der Waals surface area contributed by atoms with Crippen molar-refractivity contribution in [3.63, 3.8) is 0 Å². The number of rotatable bonds is 8. The van der Waals surface area contributed by atoms with Crippen LogP contribution in [0, 0.1) is 10.1 Å². The summed E-state index contributed by atoms with van der Waals surface area (Å²) in [4.78, 5) is 23.8. The van der Waals surface area contributed by atoms with Gasteiger partial charge in [0, 0.05) is 37.3 Å². The maximum Gasteiger partial charge on any atom is 0.269 e. The summed E-state index contributed by atoms with van der Waals surface area (Å²) < 4.78 is 0. The summed E-state index contributed by atoms with van der Waals surface area (Å²) in [5.74, 6) is -0.146. The highest BCUT2D eigenvalue weighted by atomic mass is 16.6. The number of amides is 1. The minimum absolute atomic E-state index is 0.00847. The fourth-order valence-electron chi connectivity index (χ4n) is 1.70. The number of carbonyl (C=O) groups excluding carboxylic acids is 1. The summed E-state index contributed by atoms with van der Waals surface area (Å²) in [6, 6.07) is 5.72. The predicted molar refractivity (Wildman–Crippen MR) is 80.1 cm³/mol. The standard InChI is InChI=1S/C14H21N3O4/c1-11(18)7-9-16(2)10-8-14(19)15-12-3-5-13(6-4-12)17(20)21/h3-6,11,18H,7-10H2,1-2H3,(H,15,19). The monoisotopic (exact) mass is 295 g/mol. The van der Waals surface area contributed by atoms with E-state index in [1.165, 1.54) is 24.3 Å². The number of hydrogen-bond donors (Lipinski definition) is 2. The molecule has 2 N–H and O–H groups in total. The fourth-order valence-corrected chi connectivity index (χ4v) is 1.70. The topological polar surface area (TPSA) is 95.7 Å². The zero-order valence-electron chi connectivity index (χ0n) is 12.3. The third kappa shape index (κ3) is 6.82. The maximum atomic E-state index is 11.8. The van der Waals surface area contributed by atoms with E-state index in [1.54, 1.807) is 6.92 Å². The Hall–Kier alpha value is -1.99. The molecular formula is C14H21N3O4. The molecule has 0 aliphatic heterocycles. The van der Waals surface area contributed by atoms with Crippen molar-refractivity contribution in [1.82, 2.24) is 4.90 Å². The molecule has 0 radical (unpaired) electrons. The van der Waals surface area contributed by atoms with Gasteiger partial charge in [-0.05, 0) is 32.5 Å². The van der Waals surface area contributed by atoms with E-state index in [4.69, 9.17) is 0 Å². The van der Waals surface area contributed by atoms with Gasteiger partial charge in [-0.2, -0.15) is 0 Å². The first-order valence-corrected chi connectivity index (χ1v) is 6.79. The van der Waals surface area contributed by atoms with Crippen LogP contribution in [0.3, 0.4) is 0 Å². The third-order valence-electron chi connectivity index (χ3n) is 3.01. The summed E-state index contributed by atoms with van der Waals surface area (Å²) in [5, 5.41) is 22.4. The number of nitro benzene ring substituents is 1. The number of anilines is 1. The molecule has 21 heavy (non-hydrogen) atoms. The molecule has 0 heterocycles. The lowest BCUT2D eigenvalue weighted by Gasteiger charge is -2.17. The van der Waals surface area contributed by atoms with E-state index in [-0.39, 0.29) is 17.7 Å². The van der Waals surface area contributed by atoms with E-state index >= 15 is 0 Å². The van der Waals surface area contributed by atoms with E-state index in [2.05, 4.69) is 5.32 Å². The largest absolute Gasteiger partial charge is 0.393 e. The summed E-state index contributed by atoms with van der Waals surface area (Å²) in [7, 11) is 1.89. The molecule has 1 atom stereocenters. The zero-order valence-corrected chi connectivity index (χ0v) is 12.3. The van der Waals surface area contributed by atoms with Crippen molar-refractivity contribution in [2.24, 2.45) is 0 Å². The Morgan fingerprint density at radius 3 is 2.52 bits per heavy atom. The molecule has 7 heteroatoms. The highest BCUT2D eigenvalue weighted by Crippen LogP contribution is 2.15. The number of non-ortho nitro benzene ring substituents is 1. The molecule has 0 fully saturated rings. The lowest BCUT2D eigenvalue weighted by molar-refractivity contribution is -0.384. The number of nitro groups is 1. The minimum atomic E-state index is -0.483. The molecule has 0 saturated carbocycles. The molecule has 0 saturated heterocycles. The first kappa shape index (κ1) is 17.1. The van der Waals surface area contributed by atoms with Crippen molar-refractivity contribution in [2.75, 3.05) is 25.5 Å². The van der Waals surface area contributed by atoms with Crippen LogP contribution in [0.15, 0.2) is 24.3 Å². The lowest BCUT2D eigenvalue weighted by atomic mass is 10.2. The highest BCUT2D eigenvalue weighted by Gasteiger charge is 2.08. The second-order valence-electron chi connectivity index (χ2n) is 5.04. The fraction of sp³-hybridized carbons (Fsp3) is 0.500. The smallest absolute Gasteiger partial charge is 0.269 e. The molecular weight excluding hydrogens is 274 g/mol. The van der Waals surface area contributed by atoms with Crippen molar-refractivity contribution < 1.29 is 14.8 Å². The third-order valence-corrected chi connectivity index (χ3v) is 3.01. The molecule has 0 aliphatic carbocycles. The Morgan fingerprint density at radius 1 is 1.38 bits per heavy atom. The molecule has 0 aromatic heterocycles. The van der Waals surface area contributed by atoms with Gasteiger partial charge in [0.1, 0.15) is 0 Å². The Bertz CT molecular complexity index is 474. The van der Waals surface area contributed by atoms with Gasteiger partial charge in [-0.15, -0.1) is 0 Å². The molecule has 0 bridgehead atoms. The molecule has 1 rings (SSSR count). The second-order valence-corrected chi connectivity index (χ2v) is 5.04. The molecule has 1 aromatic rings. The number of nitrogens with zero attached hydrogens (tertiary/aromatic N) is 2. The van der Waals surface area contributed by atoms with Gasteiger partial charge in [-0.3, -0.25) is 14.9 Å². The average molecular weight is 295 g/mol. The van der Waals surface area contributed by atoms with Gasteiger partial charge in [-0.25, -0.2) is 0 Å². The maximum absolute atomic E-state index is 11.8. The van der Waals surface area contributed by atoms with Crippen molar-refractivity contribution >= 4 is 17.3 Å². The molecule has 1 amide bonds. The average Bonchev–Trinajstić information content (AvgIpc) is 2.43. The van der Waals surface area contributed by atoms with E-state index in [9.17, 15) is 20.0 Å². The summed E-state index contributed by atoms with van der Waals surface area (Å²) in [6.45, 7) is 3.04. The number of hydrogen-bond acceptors (Lipinski definition) is 5. The van der Waals surface area contributed by atoms with E-state index in [0.717, 1.165) is 6.54 Å². The van der Waals surface area contributed by atoms with E-state index in [0.29, 0.717) is 25.1 Å². The Morgan fingerprint density at radius 2 is 2.00 bits per heavy atom. The van der Waals surface area contributed by atoms with Crippen LogP contribution in [0.5, 0.6) is 0 Å².